The Morgan fingerprint density at radius 3 is 3.31 bits per heavy atom. The zero-order chi connectivity index (χ0) is 9.10. The van der Waals surface area contributed by atoms with Crippen molar-refractivity contribution in [2.24, 2.45) is 5.92 Å². The van der Waals surface area contributed by atoms with Gasteiger partial charge in [-0.3, -0.25) is 0 Å². The average Bonchev–Trinajstić information content (AvgIpc) is 2.71. The first kappa shape index (κ1) is 9.49. The summed E-state index contributed by atoms with van der Waals surface area (Å²) >= 11 is 3.67. The molecule has 4 heteroatoms. The molecule has 1 aliphatic rings. The fraction of sp³-hybridized carbons (Fsp3) is 0.667. The van der Waals surface area contributed by atoms with Gasteiger partial charge in [-0.25, -0.2) is 4.98 Å². The second kappa shape index (κ2) is 4.44. The summed E-state index contributed by atoms with van der Waals surface area (Å²) < 4.78 is 1.23. The highest BCUT2D eigenvalue weighted by atomic mass is 32.2. The zero-order valence-corrected chi connectivity index (χ0v) is 9.38. The van der Waals surface area contributed by atoms with Crippen LogP contribution in [0.1, 0.15) is 12.1 Å². The second-order valence-corrected chi connectivity index (χ2v) is 5.55. The Kier molecular flexibility index (Phi) is 3.24. The minimum absolute atomic E-state index is 0.856. The minimum atomic E-state index is 0.856. The van der Waals surface area contributed by atoms with E-state index in [1.807, 2.05) is 11.8 Å². The van der Waals surface area contributed by atoms with Crippen LogP contribution in [0.15, 0.2) is 9.72 Å². The van der Waals surface area contributed by atoms with Crippen molar-refractivity contribution in [3.63, 3.8) is 0 Å². The summed E-state index contributed by atoms with van der Waals surface area (Å²) in [6, 6.07) is 0. The van der Waals surface area contributed by atoms with Crippen molar-refractivity contribution in [2.75, 3.05) is 18.8 Å². The van der Waals surface area contributed by atoms with Crippen LogP contribution in [0.5, 0.6) is 0 Å². The standard InChI is InChI=1S/C9H14N2S2/c1-7-5-12-9(11-7)13-6-8-2-3-10-4-8/h5,8,10H,2-4,6H2,1H3. The largest absolute Gasteiger partial charge is 0.316 e. The molecular weight excluding hydrogens is 200 g/mol. The van der Waals surface area contributed by atoms with Gasteiger partial charge in [0.1, 0.15) is 4.34 Å². The van der Waals surface area contributed by atoms with Crippen molar-refractivity contribution in [1.82, 2.24) is 10.3 Å². The summed E-state index contributed by atoms with van der Waals surface area (Å²) in [6.45, 7) is 4.44. The number of thiazole rings is 1. The van der Waals surface area contributed by atoms with Crippen LogP contribution in [0.3, 0.4) is 0 Å². The van der Waals surface area contributed by atoms with Crippen molar-refractivity contribution < 1.29 is 0 Å². The molecule has 0 saturated carbocycles. The van der Waals surface area contributed by atoms with Gasteiger partial charge in [-0.15, -0.1) is 11.3 Å². The van der Waals surface area contributed by atoms with Gasteiger partial charge < -0.3 is 5.32 Å². The number of aromatic nitrogens is 1. The van der Waals surface area contributed by atoms with E-state index in [1.165, 1.54) is 29.6 Å². The van der Waals surface area contributed by atoms with Crippen LogP contribution in [0.4, 0.5) is 0 Å². The highest BCUT2D eigenvalue weighted by Gasteiger charge is 2.14. The van der Waals surface area contributed by atoms with E-state index in [4.69, 9.17) is 0 Å². The first-order valence-electron chi connectivity index (χ1n) is 4.60. The van der Waals surface area contributed by atoms with Crippen LogP contribution in [-0.2, 0) is 0 Å². The van der Waals surface area contributed by atoms with E-state index in [0.29, 0.717) is 0 Å². The van der Waals surface area contributed by atoms with Gasteiger partial charge in [-0.05, 0) is 32.4 Å². The quantitative estimate of drug-likeness (QED) is 0.780. The molecule has 72 valence electrons. The summed E-state index contributed by atoms with van der Waals surface area (Å²) in [5.74, 6) is 2.08. The fourth-order valence-corrected chi connectivity index (χ4v) is 3.46. The predicted molar refractivity (Wildman–Crippen MR) is 58.6 cm³/mol. The van der Waals surface area contributed by atoms with Gasteiger partial charge in [0.15, 0.2) is 0 Å². The Morgan fingerprint density at radius 1 is 1.77 bits per heavy atom. The molecule has 2 nitrogen and oxygen atoms in total. The molecule has 0 aromatic carbocycles. The van der Waals surface area contributed by atoms with E-state index in [1.54, 1.807) is 11.3 Å². The fourth-order valence-electron chi connectivity index (χ4n) is 1.44. The molecule has 0 bridgehead atoms. The summed E-state index contributed by atoms with van der Waals surface area (Å²) in [7, 11) is 0. The molecule has 13 heavy (non-hydrogen) atoms. The van der Waals surface area contributed by atoms with Gasteiger partial charge in [-0.1, -0.05) is 11.8 Å². The topological polar surface area (TPSA) is 24.9 Å². The van der Waals surface area contributed by atoms with Crippen LogP contribution in [0.25, 0.3) is 0 Å². The highest BCUT2D eigenvalue weighted by molar-refractivity contribution is 8.01. The summed E-state index contributed by atoms with van der Waals surface area (Å²) in [5.41, 5.74) is 1.15. The maximum Gasteiger partial charge on any atom is 0.150 e. The van der Waals surface area contributed by atoms with Gasteiger partial charge in [0.2, 0.25) is 0 Å². The molecule has 0 spiro atoms. The monoisotopic (exact) mass is 214 g/mol. The van der Waals surface area contributed by atoms with Gasteiger partial charge >= 0.3 is 0 Å². The lowest BCUT2D eigenvalue weighted by Gasteiger charge is -2.04. The van der Waals surface area contributed by atoms with Gasteiger partial charge in [0.05, 0.1) is 0 Å². The number of aryl methyl sites for hydroxylation is 1. The summed E-state index contributed by atoms with van der Waals surface area (Å²) in [4.78, 5) is 4.43. The highest BCUT2D eigenvalue weighted by Crippen LogP contribution is 2.25. The molecule has 0 amide bonds. The maximum absolute atomic E-state index is 4.43. The van der Waals surface area contributed by atoms with Crippen molar-refractivity contribution >= 4 is 23.1 Å². The lowest BCUT2D eigenvalue weighted by atomic mass is 10.2. The van der Waals surface area contributed by atoms with Crippen LogP contribution in [0, 0.1) is 12.8 Å². The lowest BCUT2D eigenvalue weighted by Crippen LogP contribution is -2.10. The zero-order valence-electron chi connectivity index (χ0n) is 7.75. The molecule has 0 radical (unpaired) electrons. The van der Waals surface area contributed by atoms with E-state index in [9.17, 15) is 0 Å². The molecule has 1 atom stereocenters. The molecule has 2 rings (SSSR count). The Bertz CT molecular complexity index is 266. The van der Waals surface area contributed by atoms with Gasteiger partial charge in [0, 0.05) is 16.8 Å². The van der Waals surface area contributed by atoms with E-state index in [2.05, 4.69) is 22.6 Å². The van der Waals surface area contributed by atoms with E-state index in [-0.39, 0.29) is 0 Å². The second-order valence-electron chi connectivity index (χ2n) is 3.42. The summed E-state index contributed by atoms with van der Waals surface area (Å²) in [5, 5.41) is 5.50. The molecule has 1 aliphatic heterocycles. The smallest absolute Gasteiger partial charge is 0.150 e. The SMILES string of the molecule is Cc1csc(SCC2CCNC2)n1. The van der Waals surface area contributed by atoms with Gasteiger partial charge in [-0.2, -0.15) is 0 Å². The number of nitrogens with zero attached hydrogens (tertiary/aromatic N) is 1. The number of hydrogen-bond donors (Lipinski definition) is 1. The third-order valence-corrected chi connectivity index (χ3v) is 4.57. The number of hydrogen-bond acceptors (Lipinski definition) is 4. The molecule has 1 aromatic rings. The van der Waals surface area contributed by atoms with Crippen molar-refractivity contribution in [1.29, 1.82) is 0 Å². The molecule has 1 N–H and O–H groups in total. The van der Waals surface area contributed by atoms with E-state index < -0.39 is 0 Å². The van der Waals surface area contributed by atoms with E-state index >= 15 is 0 Å². The Hall–Kier alpha value is -0.0600. The van der Waals surface area contributed by atoms with Crippen LogP contribution < -0.4 is 5.32 Å². The Morgan fingerprint density at radius 2 is 2.69 bits per heavy atom. The first-order chi connectivity index (χ1) is 6.34. The van der Waals surface area contributed by atoms with Gasteiger partial charge in [0.25, 0.3) is 0 Å². The normalized spacial score (nSPS) is 22.4. The lowest BCUT2D eigenvalue weighted by molar-refractivity contribution is 0.662. The predicted octanol–water partition coefficient (Wildman–Crippen LogP) is 2.15. The van der Waals surface area contributed by atoms with Crippen LogP contribution in [-0.4, -0.2) is 23.8 Å². The Balaban J connectivity index is 1.78. The Labute approximate surface area is 87.1 Å². The van der Waals surface area contributed by atoms with Crippen LogP contribution in [0.2, 0.25) is 0 Å². The maximum atomic E-state index is 4.43. The molecule has 2 heterocycles. The molecular formula is C9H14N2S2. The van der Waals surface area contributed by atoms with Crippen LogP contribution >= 0.6 is 23.1 Å². The molecule has 0 aliphatic carbocycles. The molecule has 1 fully saturated rings. The third-order valence-electron chi connectivity index (χ3n) is 2.20. The van der Waals surface area contributed by atoms with Crippen molar-refractivity contribution in [2.45, 2.75) is 17.7 Å². The molecule has 1 saturated heterocycles. The van der Waals surface area contributed by atoms with E-state index in [0.717, 1.165) is 11.6 Å². The summed E-state index contributed by atoms with van der Waals surface area (Å²) in [6.07, 6.45) is 1.33. The number of thioether (sulfide) groups is 1. The molecule has 1 aromatic heterocycles. The van der Waals surface area contributed by atoms with Crippen molar-refractivity contribution in [3.05, 3.63) is 11.1 Å². The third kappa shape index (κ3) is 2.69. The molecule has 1 unspecified atom stereocenters. The minimum Gasteiger partial charge on any atom is -0.316 e. The number of rotatable bonds is 3. The number of nitrogens with one attached hydrogen (secondary N) is 1. The van der Waals surface area contributed by atoms with Crippen molar-refractivity contribution in [3.8, 4) is 0 Å². The average molecular weight is 214 g/mol. The first-order valence-corrected chi connectivity index (χ1v) is 6.47.